The minimum atomic E-state index is -0.136. The Morgan fingerprint density at radius 3 is 3.00 bits per heavy atom. The molecule has 1 saturated carbocycles. The van der Waals surface area contributed by atoms with Crippen molar-refractivity contribution in [3.63, 3.8) is 0 Å². The first-order chi connectivity index (χ1) is 7.31. The molecule has 0 aromatic rings. The maximum Gasteiger partial charge on any atom is 0.239 e. The zero-order valence-electron chi connectivity index (χ0n) is 8.95. The van der Waals surface area contributed by atoms with E-state index in [1.54, 1.807) is 0 Å². The van der Waals surface area contributed by atoms with Gasteiger partial charge in [0.2, 0.25) is 5.91 Å². The van der Waals surface area contributed by atoms with Crippen molar-refractivity contribution < 1.29 is 9.53 Å². The van der Waals surface area contributed by atoms with Gasteiger partial charge in [-0.1, -0.05) is 0 Å². The number of hydrogen-bond donors (Lipinski definition) is 2. The van der Waals surface area contributed by atoms with Gasteiger partial charge in [-0.3, -0.25) is 9.69 Å². The molecular weight excluding hydrogens is 194 g/mol. The molecular formula is C10H19N3O2. The summed E-state index contributed by atoms with van der Waals surface area (Å²) in [6, 6.07) is 0.280. The maximum atomic E-state index is 11.9. The van der Waals surface area contributed by atoms with Gasteiger partial charge in [0, 0.05) is 25.7 Å². The topological polar surface area (TPSA) is 67.6 Å². The van der Waals surface area contributed by atoms with Crippen LogP contribution in [0.2, 0.25) is 0 Å². The van der Waals surface area contributed by atoms with E-state index in [9.17, 15) is 4.79 Å². The quantitative estimate of drug-likeness (QED) is 0.623. The van der Waals surface area contributed by atoms with E-state index in [1.165, 1.54) is 0 Å². The van der Waals surface area contributed by atoms with Gasteiger partial charge in [0.25, 0.3) is 0 Å². The van der Waals surface area contributed by atoms with E-state index >= 15 is 0 Å². The molecule has 1 unspecified atom stereocenters. The third kappa shape index (κ3) is 2.90. The van der Waals surface area contributed by atoms with Crippen LogP contribution in [-0.4, -0.2) is 55.7 Å². The molecule has 0 radical (unpaired) electrons. The zero-order chi connectivity index (χ0) is 10.7. The average Bonchev–Trinajstić information content (AvgIpc) is 3.03. The number of hydrogen-bond acceptors (Lipinski definition) is 4. The number of rotatable bonds is 4. The number of nitrogens with zero attached hydrogens (tertiary/aromatic N) is 1. The molecule has 1 atom stereocenters. The van der Waals surface area contributed by atoms with Gasteiger partial charge in [0.15, 0.2) is 0 Å². The molecule has 1 heterocycles. The van der Waals surface area contributed by atoms with E-state index in [2.05, 4.69) is 10.2 Å². The Hall–Kier alpha value is -0.650. The smallest absolute Gasteiger partial charge is 0.239 e. The average molecular weight is 213 g/mol. The number of nitrogens with one attached hydrogen (secondary N) is 1. The summed E-state index contributed by atoms with van der Waals surface area (Å²) < 4.78 is 5.34. The molecule has 0 aromatic heterocycles. The summed E-state index contributed by atoms with van der Waals surface area (Å²) in [7, 11) is 0. The van der Waals surface area contributed by atoms with Gasteiger partial charge in [-0.15, -0.1) is 0 Å². The molecule has 1 aliphatic heterocycles. The predicted octanol–water partition coefficient (Wildman–Crippen LogP) is -1.08. The highest BCUT2D eigenvalue weighted by atomic mass is 16.5. The molecule has 3 N–H and O–H groups in total. The second-order valence-corrected chi connectivity index (χ2v) is 4.20. The fourth-order valence-corrected chi connectivity index (χ4v) is 1.84. The normalized spacial score (nSPS) is 27.7. The molecule has 2 aliphatic rings. The molecule has 0 aromatic carbocycles. The van der Waals surface area contributed by atoms with Crippen LogP contribution in [0.1, 0.15) is 12.8 Å². The molecule has 0 bridgehead atoms. The van der Waals surface area contributed by atoms with Gasteiger partial charge in [0.05, 0.1) is 13.2 Å². The van der Waals surface area contributed by atoms with Gasteiger partial charge >= 0.3 is 0 Å². The Kier molecular flexibility index (Phi) is 3.56. The lowest BCUT2D eigenvalue weighted by molar-refractivity contribution is -0.132. The maximum absolute atomic E-state index is 11.9. The lowest BCUT2D eigenvalue weighted by Crippen LogP contribution is -2.55. The molecule has 5 nitrogen and oxygen atoms in total. The number of carbonyl (C=O) groups is 1. The van der Waals surface area contributed by atoms with E-state index in [-0.39, 0.29) is 11.9 Å². The predicted molar refractivity (Wildman–Crippen MR) is 56.4 cm³/mol. The highest BCUT2D eigenvalue weighted by Crippen LogP contribution is 2.19. The Bertz CT molecular complexity index is 229. The van der Waals surface area contributed by atoms with Crippen molar-refractivity contribution in [3.8, 4) is 0 Å². The van der Waals surface area contributed by atoms with Crippen molar-refractivity contribution in [2.24, 2.45) is 5.73 Å². The Balaban J connectivity index is 1.87. The third-order valence-corrected chi connectivity index (χ3v) is 2.88. The standard InChI is InChI=1S/C10H19N3O2/c11-3-4-13-5-6-15-7-9(13)10(14)12-8-1-2-8/h8-9H,1-7,11H2,(H,12,14). The third-order valence-electron chi connectivity index (χ3n) is 2.88. The highest BCUT2D eigenvalue weighted by molar-refractivity contribution is 5.82. The molecule has 5 heteroatoms. The summed E-state index contributed by atoms with van der Waals surface area (Å²) >= 11 is 0. The van der Waals surface area contributed by atoms with Crippen LogP contribution in [0.5, 0.6) is 0 Å². The summed E-state index contributed by atoms with van der Waals surface area (Å²) in [6.45, 7) is 3.37. The lowest BCUT2D eigenvalue weighted by Gasteiger charge is -2.34. The second kappa shape index (κ2) is 4.92. The summed E-state index contributed by atoms with van der Waals surface area (Å²) in [5.74, 6) is 0.102. The van der Waals surface area contributed by atoms with E-state index in [0.29, 0.717) is 25.8 Å². The van der Waals surface area contributed by atoms with Crippen LogP contribution in [0.3, 0.4) is 0 Å². The molecule has 1 amide bonds. The van der Waals surface area contributed by atoms with Crippen molar-refractivity contribution >= 4 is 5.91 Å². The van der Waals surface area contributed by atoms with Gasteiger partial charge < -0.3 is 15.8 Å². The molecule has 1 saturated heterocycles. The van der Waals surface area contributed by atoms with Crippen LogP contribution in [0.25, 0.3) is 0 Å². The monoisotopic (exact) mass is 213 g/mol. The number of amides is 1. The summed E-state index contributed by atoms with van der Waals surface area (Å²) in [6.07, 6.45) is 2.24. The Labute approximate surface area is 89.9 Å². The van der Waals surface area contributed by atoms with Crippen molar-refractivity contribution in [2.45, 2.75) is 24.9 Å². The Morgan fingerprint density at radius 2 is 2.33 bits per heavy atom. The minimum absolute atomic E-state index is 0.102. The SMILES string of the molecule is NCCN1CCOCC1C(=O)NC1CC1. The lowest BCUT2D eigenvalue weighted by atomic mass is 10.2. The van der Waals surface area contributed by atoms with Crippen molar-refractivity contribution in [2.75, 3.05) is 32.8 Å². The zero-order valence-corrected chi connectivity index (χ0v) is 8.95. The van der Waals surface area contributed by atoms with Crippen LogP contribution >= 0.6 is 0 Å². The van der Waals surface area contributed by atoms with Gasteiger partial charge in [-0.05, 0) is 12.8 Å². The fourth-order valence-electron chi connectivity index (χ4n) is 1.84. The molecule has 86 valence electrons. The van der Waals surface area contributed by atoms with E-state index in [4.69, 9.17) is 10.5 Å². The first-order valence-electron chi connectivity index (χ1n) is 5.63. The Morgan fingerprint density at radius 1 is 1.53 bits per heavy atom. The molecule has 2 rings (SSSR count). The number of carbonyl (C=O) groups excluding carboxylic acids is 1. The number of ether oxygens (including phenoxy) is 1. The molecule has 0 spiro atoms. The molecule has 15 heavy (non-hydrogen) atoms. The van der Waals surface area contributed by atoms with E-state index in [0.717, 1.165) is 25.9 Å². The van der Waals surface area contributed by atoms with Gasteiger partial charge in [0.1, 0.15) is 6.04 Å². The minimum Gasteiger partial charge on any atom is -0.378 e. The van der Waals surface area contributed by atoms with Gasteiger partial charge in [-0.25, -0.2) is 0 Å². The fraction of sp³-hybridized carbons (Fsp3) is 0.900. The van der Waals surface area contributed by atoms with Crippen molar-refractivity contribution in [1.29, 1.82) is 0 Å². The van der Waals surface area contributed by atoms with Crippen LogP contribution in [0.15, 0.2) is 0 Å². The second-order valence-electron chi connectivity index (χ2n) is 4.20. The molecule has 1 aliphatic carbocycles. The largest absolute Gasteiger partial charge is 0.378 e. The molecule has 2 fully saturated rings. The first-order valence-corrected chi connectivity index (χ1v) is 5.63. The van der Waals surface area contributed by atoms with Crippen LogP contribution < -0.4 is 11.1 Å². The van der Waals surface area contributed by atoms with Crippen LogP contribution in [0, 0.1) is 0 Å². The van der Waals surface area contributed by atoms with E-state index in [1.807, 2.05) is 0 Å². The van der Waals surface area contributed by atoms with Gasteiger partial charge in [-0.2, -0.15) is 0 Å². The van der Waals surface area contributed by atoms with Crippen LogP contribution in [-0.2, 0) is 9.53 Å². The van der Waals surface area contributed by atoms with Crippen LogP contribution in [0.4, 0.5) is 0 Å². The van der Waals surface area contributed by atoms with Crippen molar-refractivity contribution in [3.05, 3.63) is 0 Å². The highest BCUT2D eigenvalue weighted by Gasteiger charge is 2.32. The number of nitrogens with two attached hydrogens (primary N) is 1. The summed E-state index contributed by atoms with van der Waals surface area (Å²) in [5.41, 5.74) is 5.52. The van der Waals surface area contributed by atoms with Crippen molar-refractivity contribution in [1.82, 2.24) is 10.2 Å². The summed E-state index contributed by atoms with van der Waals surface area (Å²) in [4.78, 5) is 14.0. The first kappa shape index (κ1) is 10.9. The number of morpholine rings is 1. The van der Waals surface area contributed by atoms with E-state index < -0.39 is 0 Å². The summed E-state index contributed by atoms with van der Waals surface area (Å²) in [5, 5.41) is 3.01.